The Labute approximate surface area is 207 Å². The summed E-state index contributed by atoms with van der Waals surface area (Å²) in [6.45, 7) is 5.66. The van der Waals surface area contributed by atoms with Crippen LogP contribution in [0.5, 0.6) is 0 Å². The molecule has 2 amide bonds. The van der Waals surface area contributed by atoms with E-state index in [0.29, 0.717) is 25.8 Å². The van der Waals surface area contributed by atoms with E-state index in [0.717, 1.165) is 11.1 Å². The van der Waals surface area contributed by atoms with Gasteiger partial charge in [-0.2, -0.15) is 0 Å². The number of thioether (sulfide) groups is 1. The Bertz CT molecular complexity index is 940. The van der Waals surface area contributed by atoms with Crippen molar-refractivity contribution in [3.63, 3.8) is 0 Å². The second kappa shape index (κ2) is 12.2. The number of benzene rings is 2. The van der Waals surface area contributed by atoms with Crippen molar-refractivity contribution >= 4 is 70.0 Å². The van der Waals surface area contributed by atoms with Crippen LogP contribution in [0.1, 0.15) is 31.9 Å². The average molecular weight is 522 g/mol. The number of nitrogens with one attached hydrogen (secondary N) is 1. The Kier molecular flexibility index (Phi) is 10.3. The van der Waals surface area contributed by atoms with Crippen LogP contribution in [0.4, 0.5) is 0 Å². The average Bonchev–Trinajstić information content (AvgIpc) is 2.69. The van der Waals surface area contributed by atoms with Gasteiger partial charge in [-0.05, 0) is 56.2 Å². The number of carbonyl (C=O) groups excluding carboxylic acids is 2. The SMILES string of the molecule is CC(C)NC(=O)[C@@H](C)N(Cc1ccc(Cl)cc1Cl)C(=O)CSCc1ccc(Cl)c(Cl)c1. The van der Waals surface area contributed by atoms with Crippen molar-refractivity contribution < 1.29 is 9.59 Å². The lowest BCUT2D eigenvalue weighted by atomic mass is 10.1. The largest absolute Gasteiger partial charge is 0.352 e. The number of rotatable bonds is 9. The second-order valence-electron chi connectivity index (χ2n) is 7.34. The molecule has 2 aromatic carbocycles. The van der Waals surface area contributed by atoms with E-state index in [2.05, 4.69) is 5.32 Å². The van der Waals surface area contributed by atoms with Crippen LogP contribution in [-0.4, -0.2) is 34.6 Å². The molecule has 9 heteroatoms. The molecule has 0 bridgehead atoms. The minimum atomic E-state index is -0.660. The predicted molar refractivity (Wildman–Crippen MR) is 132 cm³/mol. The van der Waals surface area contributed by atoms with Gasteiger partial charge >= 0.3 is 0 Å². The van der Waals surface area contributed by atoms with E-state index in [9.17, 15) is 9.59 Å². The van der Waals surface area contributed by atoms with Crippen LogP contribution in [0.2, 0.25) is 20.1 Å². The highest BCUT2D eigenvalue weighted by atomic mass is 35.5. The zero-order chi connectivity index (χ0) is 23.1. The Hall–Kier alpha value is -1.11. The van der Waals surface area contributed by atoms with Gasteiger partial charge in [0.05, 0.1) is 15.8 Å². The molecular formula is C22H24Cl4N2O2S. The third kappa shape index (κ3) is 8.07. The Morgan fingerprint density at radius 1 is 0.968 bits per heavy atom. The molecule has 1 N–H and O–H groups in total. The molecule has 4 nitrogen and oxygen atoms in total. The summed E-state index contributed by atoms with van der Waals surface area (Å²) in [5, 5.41) is 4.78. The molecule has 2 rings (SSSR count). The highest BCUT2D eigenvalue weighted by molar-refractivity contribution is 7.99. The molecule has 0 radical (unpaired) electrons. The van der Waals surface area contributed by atoms with E-state index < -0.39 is 6.04 Å². The monoisotopic (exact) mass is 520 g/mol. The summed E-state index contributed by atoms with van der Waals surface area (Å²) in [6, 6.07) is 9.79. The van der Waals surface area contributed by atoms with Gasteiger partial charge in [0, 0.05) is 28.4 Å². The van der Waals surface area contributed by atoms with Gasteiger partial charge in [0.15, 0.2) is 0 Å². The molecule has 0 spiro atoms. The summed E-state index contributed by atoms with van der Waals surface area (Å²) in [6.07, 6.45) is 0. The van der Waals surface area contributed by atoms with Gasteiger partial charge in [-0.3, -0.25) is 9.59 Å². The van der Waals surface area contributed by atoms with Crippen molar-refractivity contribution in [3.05, 3.63) is 67.6 Å². The normalized spacial score (nSPS) is 12.0. The molecule has 31 heavy (non-hydrogen) atoms. The Balaban J connectivity index is 2.12. The van der Waals surface area contributed by atoms with Gasteiger partial charge in [-0.15, -0.1) is 11.8 Å². The Morgan fingerprint density at radius 2 is 1.68 bits per heavy atom. The van der Waals surface area contributed by atoms with Crippen molar-refractivity contribution in [3.8, 4) is 0 Å². The fourth-order valence-corrected chi connectivity index (χ4v) is 4.44. The number of carbonyl (C=O) groups is 2. The molecule has 0 unspecified atom stereocenters. The smallest absolute Gasteiger partial charge is 0.242 e. The molecule has 0 saturated heterocycles. The summed E-state index contributed by atoms with van der Waals surface area (Å²) in [7, 11) is 0. The van der Waals surface area contributed by atoms with Crippen LogP contribution in [0, 0.1) is 0 Å². The molecule has 168 valence electrons. The first kappa shape index (κ1) is 26.1. The number of halogens is 4. The predicted octanol–water partition coefficient (Wildman–Crippen LogP) is 6.48. The number of nitrogens with zero attached hydrogens (tertiary/aromatic N) is 1. The molecule has 0 saturated carbocycles. The Morgan fingerprint density at radius 3 is 2.29 bits per heavy atom. The third-order valence-corrected chi connectivity index (χ3v) is 6.75. The number of amides is 2. The van der Waals surface area contributed by atoms with E-state index in [1.165, 1.54) is 16.7 Å². The number of hydrogen-bond donors (Lipinski definition) is 1. The molecule has 0 aliphatic heterocycles. The number of hydrogen-bond acceptors (Lipinski definition) is 3. The first-order valence-electron chi connectivity index (χ1n) is 9.64. The van der Waals surface area contributed by atoms with Gasteiger partial charge in [0.25, 0.3) is 0 Å². The van der Waals surface area contributed by atoms with Gasteiger partial charge < -0.3 is 10.2 Å². The summed E-state index contributed by atoms with van der Waals surface area (Å²) in [5.41, 5.74) is 1.68. The van der Waals surface area contributed by atoms with Crippen LogP contribution in [0.3, 0.4) is 0 Å². The standard InChI is InChI=1S/C22H24Cl4N2O2S/c1-13(2)27-22(30)14(3)28(10-16-5-6-17(23)9-19(16)25)21(29)12-31-11-15-4-7-18(24)20(26)8-15/h4-9,13-14H,10-12H2,1-3H3,(H,27,30)/t14-/m1/s1. The highest BCUT2D eigenvalue weighted by Gasteiger charge is 2.27. The summed E-state index contributed by atoms with van der Waals surface area (Å²) < 4.78 is 0. The van der Waals surface area contributed by atoms with E-state index >= 15 is 0 Å². The highest BCUT2D eigenvalue weighted by Crippen LogP contribution is 2.26. The first-order chi connectivity index (χ1) is 14.6. The van der Waals surface area contributed by atoms with Gasteiger partial charge in [0.2, 0.25) is 11.8 Å². The molecule has 0 heterocycles. The quantitative estimate of drug-likeness (QED) is 0.411. The van der Waals surface area contributed by atoms with Crippen LogP contribution in [-0.2, 0) is 21.9 Å². The minimum Gasteiger partial charge on any atom is -0.352 e. The van der Waals surface area contributed by atoms with E-state index in [-0.39, 0.29) is 30.2 Å². The molecule has 0 fully saturated rings. The van der Waals surface area contributed by atoms with Crippen molar-refractivity contribution in [2.45, 2.75) is 45.2 Å². The second-order valence-corrected chi connectivity index (χ2v) is 9.98. The minimum absolute atomic E-state index is 0.0324. The van der Waals surface area contributed by atoms with Crippen molar-refractivity contribution in [2.24, 2.45) is 0 Å². The molecule has 2 aromatic rings. The van der Waals surface area contributed by atoms with Crippen molar-refractivity contribution in [1.82, 2.24) is 10.2 Å². The van der Waals surface area contributed by atoms with Crippen LogP contribution in [0.25, 0.3) is 0 Å². The zero-order valence-corrected chi connectivity index (χ0v) is 21.3. The maximum Gasteiger partial charge on any atom is 0.242 e. The molecular weight excluding hydrogens is 498 g/mol. The lowest BCUT2D eigenvalue weighted by molar-refractivity contribution is -0.138. The maximum atomic E-state index is 13.1. The van der Waals surface area contributed by atoms with E-state index in [4.69, 9.17) is 46.4 Å². The van der Waals surface area contributed by atoms with Crippen molar-refractivity contribution in [2.75, 3.05) is 5.75 Å². The fraction of sp³-hybridized carbons (Fsp3) is 0.364. The topological polar surface area (TPSA) is 49.4 Å². The molecule has 0 aromatic heterocycles. The first-order valence-corrected chi connectivity index (χ1v) is 12.3. The lowest BCUT2D eigenvalue weighted by Crippen LogP contribution is -2.49. The van der Waals surface area contributed by atoms with Gasteiger partial charge in [0.1, 0.15) is 6.04 Å². The zero-order valence-electron chi connectivity index (χ0n) is 17.4. The van der Waals surface area contributed by atoms with Crippen LogP contribution >= 0.6 is 58.2 Å². The van der Waals surface area contributed by atoms with Crippen molar-refractivity contribution in [1.29, 1.82) is 0 Å². The van der Waals surface area contributed by atoms with E-state index in [1.54, 1.807) is 37.3 Å². The van der Waals surface area contributed by atoms with Gasteiger partial charge in [-0.25, -0.2) is 0 Å². The third-order valence-electron chi connectivity index (χ3n) is 4.43. The molecule has 1 atom stereocenters. The summed E-state index contributed by atoms with van der Waals surface area (Å²) >= 11 is 25.7. The van der Waals surface area contributed by atoms with Crippen LogP contribution in [0.15, 0.2) is 36.4 Å². The molecule has 0 aliphatic rings. The van der Waals surface area contributed by atoms with Gasteiger partial charge in [-0.1, -0.05) is 58.5 Å². The summed E-state index contributed by atoms with van der Waals surface area (Å²) in [5.74, 6) is 0.403. The lowest BCUT2D eigenvalue weighted by Gasteiger charge is -2.29. The fourth-order valence-electron chi connectivity index (χ4n) is 2.79. The van der Waals surface area contributed by atoms with Crippen LogP contribution < -0.4 is 5.32 Å². The van der Waals surface area contributed by atoms with E-state index in [1.807, 2.05) is 19.9 Å². The maximum absolute atomic E-state index is 13.1. The summed E-state index contributed by atoms with van der Waals surface area (Å²) in [4.78, 5) is 27.2. The molecule has 0 aliphatic carbocycles.